The number of rotatable bonds is 8. The molecule has 11 heteroatoms. The summed E-state index contributed by atoms with van der Waals surface area (Å²) in [7, 11) is 0. The van der Waals surface area contributed by atoms with Crippen LogP contribution >= 0.6 is 23.4 Å². The SMILES string of the molecule is Cc1ccc(-n2nnnc2SCC(=O)N(Cc2nnc(-c3ccccc3Cl)o2)C2CC2)cc1. The minimum absolute atomic E-state index is 0.0292. The highest BCUT2D eigenvalue weighted by Gasteiger charge is 2.34. The third-order valence-electron chi connectivity index (χ3n) is 5.23. The molecule has 1 aliphatic carbocycles. The smallest absolute Gasteiger partial charge is 0.249 e. The fourth-order valence-corrected chi connectivity index (χ4v) is 4.33. The number of tetrazole rings is 1. The van der Waals surface area contributed by atoms with Crippen LogP contribution < -0.4 is 0 Å². The van der Waals surface area contributed by atoms with Gasteiger partial charge in [0.25, 0.3) is 0 Å². The minimum Gasteiger partial charge on any atom is -0.419 e. The summed E-state index contributed by atoms with van der Waals surface area (Å²) in [6.45, 7) is 2.27. The maximum absolute atomic E-state index is 13.1. The van der Waals surface area contributed by atoms with E-state index in [2.05, 4.69) is 25.7 Å². The van der Waals surface area contributed by atoms with Gasteiger partial charge in [-0.1, -0.05) is 53.2 Å². The molecule has 1 aliphatic rings. The minimum atomic E-state index is -0.0292. The molecule has 4 aromatic rings. The third-order valence-corrected chi connectivity index (χ3v) is 6.46. The highest BCUT2D eigenvalue weighted by molar-refractivity contribution is 7.99. The van der Waals surface area contributed by atoms with E-state index in [1.165, 1.54) is 11.8 Å². The number of aryl methyl sites for hydroxylation is 1. The Bertz CT molecular complexity index is 1270. The van der Waals surface area contributed by atoms with Gasteiger partial charge in [-0.15, -0.1) is 15.3 Å². The van der Waals surface area contributed by atoms with Gasteiger partial charge >= 0.3 is 0 Å². The zero-order valence-corrected chi connectivity index (χ0v) is 19.3. The number of nitrogens with zero attached hydrogens (tertiary/aromatic N) is 7. The third kappa shape index (κ3) is 4.91. The van der Waals surface area contributed by atoms with Crippen LogP contribution in [0.25, 0.3) is 17.1 Å². The van der Waals surface area contributed by atoms with Crippen LogP contribution in [0.5, 0.6) is 0 Å². The second-order valence-electron chi connectivity index (χ2n) is 7.73. The quantitative estimate of drug-likeness (QED) is 0.348. The van der Waals surface area contributed by atoms with Crippen LogP contribution in [0, 0.1) is 6.92 Å². The van der Waals surface area contributed by atoms with Gasteiger partial charge in [0, 0.05) is 6.04 Å². The molecule has 0 radical (unpaired) electrons. The fourth-order valence-electron chi connectivity index (χ4n) is 3.34. The van der Waals surface area contributed by atoms with Crippen LogP contribution in [0.2, 0.25) is 5.02 Å². The Morgan fingerprint density at radius 2 is 1.94 bits per heavy atom. The lowest BCUT2D eigenvalue weighted by Gasteiger charge is -2.20. The first-order valence-corrected chi connectivity index (χ1v) is 11.8. The summed E-state index contributed by atoms with van der Waals surface area (Å²) in [5, 5.41) is 21.2. The number of benzene rings is 2. The van der Waals surface area contributed by atoms with Crippen molar-refractivity contribution in [3.8, 4) is 17.1 Å². The van der Waals surface area contributed by atoms with E-state index in [0.717, 1.165) is 24.1 Å². The van der Waals surface area contributed by atoms with Crippen LogP contribution in [0.4, 0.5) is 0 Å². The second-order valence-corrected chi connectivity index (χ2v) is 9.08. The van der Waals surface area contributed by atoms with Crippen molar-refractivity contribution in [2.75, 3.05) is 5.75 Å². The molecule has 0 N–H and O–H groups in total. The normalized spacial score (nSPS) is 13.3. The molecular formula is C22H20ClN7O2S. The molecule has 2 aromatic heterocycles. The van der Waals surface area contributed by atoms with E-state index < -0.39 is 0 Å². The molecule has 5 rings (SSSR count). The molecule has 1 saturated carbocycles. The number of halogens is 1. The van der Waals surface area contributed by atoms with Crippen molar-refractivity contribution in [3.63, 3.8) is 0 Å². The van der Waals surface area contributed by atoms with Crippen LogP contribution in [0.3, 0.4) is 0 Å². The molecular weight excluding hydrogens is 462 g/mol. The van der Waals surface area contributed by atoms with Gasteiger partial charge in [0.15, 0.2) is 0 Å². The fraction of sp³-hybridized carbons (Fsp3) is 0.273. The van der Waals surface area contributed by atoms with Gasteiger partial charge in [-0.2, -0.15) is 4.68 Å². The van der Waals surface area contributed by atoms with Crippen molar-refractivity contribution in [2.24, 2.45) is 0 Å². The Balaban J connectivity index is 1.26. The highest BCUT2D eigenvalue weighted by Crippen LogP contribution is 2.31. The number of hydrogen-bond acceptors (Lipinski definition) is 8. The molecule has 1 amide bonds. The number of carbonyl (C=O) groups is 1. The summed E-state index contributed by atoms with van der Waals surface area (Å²) in [4.78, 5) is 14.9. The zero-order valence-electron chi connectivity index (χ0n) is 17.8. The lowest BCUT2D eigenvalue weighted by Crippen LogP contribution is -2.34. The molecule has 168 valence electrons. The molecule has 0 saturated heterocycles. The van der Waals surface area contributed by atoms with Gasteiger partial charge in [0.05, 0.1) is 28.6 Å². The Kier molecular flexibility index (Phi) is 6.10. The van der Waals surface area contributed by atoms with E-state index in [0.29, 0.717) is 27.5 Å². The van der Waals surface area contributed by atoms with Crippen molar-refractivity contribution in [3.05, 3.63) is 65.0 Å². The van der Waals surface area contributed by atoms with Gasteiger partial charge in [-0.3, -0.25) is 4.79 Å². The van der Waals surface area contributed by atoms with Crippen molar-refractivity contribution >= 4 is 29.3 Å². The first-order valence-electron chi connectivity index (χ1n) is 10.4. The molecule has 0 aliphatic heterocycles. The second kappa shape index (κ2) is 9.32. The topological polar surface area (TPSA) is 103 Å². The Hall–Kier alpha value is -3.24. The Labute approximate surface area is 199 Å². The molecule has 0 unspecified atom stereocenters. The van der Waals surface area contributed by atoms with Crippen LogP contribution in [0.15, 0.2) is 58.1 Å². The first-order chi connectivity index (χ1) is 16.1. The van der Waals surface area contributed by atoms with Crippen molar-refractivity contribution in [1.82, 2.24) is 35.3 Å². The lowest BCUT2D eigenvalue weighted by molar-refractivity contribution is -0.129. The molecule has 2 heterocycles. The molecule has 0 atom stereocenters. The van der Waals surface area contributed by atoms with E-state index in [-0.39, 0.29) is 24.2 Å². The van der Waals surface area contributed by atoms with Crippen LogP contribution in [0.1, 0.15) is 24.3 Å². The van der Waals surface area contributed by atoms with Gasteiger partial charge < -0.3 is 9.32 Å². The number of thioether (sulfide) groups is 1. The summed E-state index contributed by atoms with van der Waals surface area (Å²) in [5.74, 6) is 0.886. The van der Waals surface area contributed by atoms with Gasteiger partial charge in [0.1, 0.15) is 0 Å². The molecule has 1 fully saturated rings. The van der Waals surface area contributed by atoms with Crippen molar-refractivity contribution in [2.45, 2.75) is 37.5 Å². The predicted octanol–water partition coefficient (Wildman–Crippen LogP) is 3.96. The summed E-state index contributed by atoms with van der Waals surface area (Å²) in [6.07, 6.45) is 1.92. The molecule has 0 bridgehead atoms. The first kappa shape index (κ1) is 21.6. The standard InChI is InChI=1S/C22H20ClN7O2S/c1-14-6-8-16(9-7-14)30-22(26-27-28-30)33-13-20(31)29(15-10-11-15)12-19-24-25-21(32-19)17-4-2-3-5-18(17)23/h2-9,15H,10-13H2,1H3. The van der Waals surface area contributed by atoms with Gasteiger partial charge in [-0.05, 0) is 54.5 Å². The average molecular weight is 482 g/mol. The van der Waals surface area contributed by atoms with E-state index in [4.69, 9.17) is 16.0 Å². The average Bonchev–Trinajstić information content (AvgIpc) is 3.36. The molecule has 33 heavy (non-hydrogen) atoms. The molecule has 9 nitrogen and oxygen atoms in total. The lowest BCUT2D eigenvalue weighted by atomic mass is 10.2. The Morgan fingerprint density at radius 1 is 1.15 bits per heavy atom. The number of amides is 1. The maximum Gasteiger partial charge on any atom is 0.249 e. The zero-order chi connectivity index (χ0) is 22.8. The maximum atomic E-state index is 13.1. The van der Waals surface area contributed by atoms with Crippen molar-refractivity contribution < 1.29 is 9.21 Å². The predicted molar refractivity (Wildman–Crippen MR) is 123 cm³/mol. The van der Waals surface area contributed by atoms with E-state index >= 15 is 0 Å². The van der Waals surface area contributed by atoms with Crippen LogP contribution in [-0.2, 0) is 11.3 Å². The van der Waals surface area contributed by atoms with Crippen LogP contribution in [-0.4, -0.2) is 53.0 Å². The monoisotopic (exact) mass is 481 g/mol. The summed E-state index contributed by atoms with van der Waals surface area (Å²) in [6, 6.07) is 15.3. The van der Waals surface area contributed by atoms with Gasteiger partial charge in [-0.25, -0.2) is 0 Å². The largest absolute Gasteiger partial charge is 0.419 e. The highest BCUT2D eigenvalue weighted by atomic mass is 35.5. The Morgan fingerprint density at radius 3 is 2.70 bits per heavy atom. The summed E-state index contributed by atoms with van der Waals surface area (Å²) < 4.78 is 7.43. The van der Waals surface area contributed by atoms with E-state index in [1.807, 2.05) is 49.4 Å². The van der Waals surface area contributed by atoms with Crippen molar-refractivity contribution in [1.29, 1.82) is 0 Å². The summed E-state index contributed by atoms with van der Waals surface area (Å²) in [5.41, 5.74) is 2.66. The molecule has 2 aromatic carbocycles. The number of hydrogen-bond donors (Lipinski definition) is 0. The molecule has 0 spiro atoms. The van der Waals surface area contributed by atoms with Gasteiger partial charge in [0.2, 0.25) is 22.8 Å². The number of aromatic nitrogens is 6. The summed E-state index contributed by atoms with van der Waals surface area (Å²) >= 11 is 7.53. The number of carbonyl (C=O) groups excluding carboxylic acids is 1. The van der Waals surface area contributed by atoms with E-state index in [9.17, 15) is 4.79 Å². The van der Waals surface area contributed by atoms with E-state index in [1.54, 1.807) is 15.6 Å².